The van der Waals surface area contributed by atoms with Crippen molar-refractivity contribution in [1.29, 1.82) is 0 Å². The van der Waals surface area contributed by atoms with Gasteiger partial charge in [0, 0.05) is 18.7 Å². The van der Waals surface area contributed by atoms with E-state index in [2.05, 4.69) is 31.3 Å². The lowest BCUT2D eigenvalue weighted by atomic mass is 10.0. The summed E-state index contributed by atoms with van der Waals surface area (Å²) in [5.41, 5.74) is 3.95. The highest BCUT2D eigenvalue weighted by atomic mass is 19.1. The molecule has 1 aliphatic heterocycles. The van der Waals surface area contributed by atoms with Crippen LogP contribution in [0.15, 0.2) is 36.4 Å². The van der Waals surface area contributed by atoms with Gasteiger partial charge >= 0.3 is 0 Å². The van der Waals surface area contributed by atoms with Gasteiger partial charge in [0.05, 0.1) is 0 Å². The first-order chi connectivity index (χ1) is 9.93. The third-order valence-electron chi connectivity index (χ3n) is 3.78. The summed E-state index contributed by atoms with van der Waals surface area (Å²) in [6.07, 6.45) is 0.936. The molecular formula is C18H20FNO. The molecule has 0 radical (unpaired) electrons. The van der Waals surface area contributed by atoms with E-state index >= 15 is 0 Å². The Balaban J connectivity index is 1.71. The van der Waals surface area contributed by atoms with E-state index in [0.29, 0.717) is 5.56 Å². The molecular weight excluding hydrogens is 265 g/mol. The molecule has 0 unspecified atom stereocenters. The molecule has 1 aliphatic rings. The SMILES string of the molecule is Cc1cc(NCc2ccc3c(c2)CC(C)(C)O3)ccc1F. The van der Waals surface area contributed by atoms with Gasteiger partial charge < -0.3 is 10.1 Å². The largest absolute Gasteiger partial charge is 0.487 e. The van der Waals surface area contributed by atoms with Crippen LogP contribution in [0.2, 0.25) is 0 Å². The Morgan fingerprint density at radius 1 is 1.19 bits per heavy atom. The molecule has 1 N–H and O–H groups in total. The zero-order chi connectivity index (χ0) is 15.0. The number of hydrogen-bond acceptors (Lipinski definition) is 2. The van der Waals surface area contributed by atoms with Gasteiger partial charge in [0.2, 0.25) is 0 Å². The van der Waals surface area contributed by atoms with Gasteiger partial charge in [0.15, 0.2) is 0 Å². The van der Waals surface area contributed by atoms with E-state index in [0.717, 1.165) is 24.4 Å². The molecule has 110 valence electrons. The molecule has 3 heteroatoms. The van der Waals surface area contributed by atoms with Crippen molar-refractivity contribution in [2.24, 2.45) is 0 Å². The summed E-state index contributed by atoms with van der Waals surface area (Å²) >= 11 is 0. The van der Waals surface area contributed by atoms with Crippen LogP contribution in [-0.2, 0) is 13.0 Å². The number of fused-ring (bicyclic) bond motifs is 1. The highest BCUT2D eigenvalue weighted by Crippen LogP contribution is 2.35. The molecule has 2 aromatic carbocycles. The summed E-state index contributed by atoms with van der Waals surface area (Å²) in [4.78, 5) is 0. The van der Waals surface area contributed by atoms with Gasteiger partial charge in [-0.25, -0.2) is 4.39 Å². The van der Waals surface area contributed by atoms with Gasteiger partial charge in [0.1, 0.15) is 17.2 Å². The molecule has 0 bridgehead atoms. The van der Waals surface area contributed by atoms with E-state index in [9.17, 15) is 4.39 Å². The number of rotatable bonds is 3. The number of halogens is 1. The Labute approximate surface area is 125 Å². The van der Waals surface area contributed by atoms with Crippen LogP contribution in [0, 0.1) is 12.7 Å². The van der Waals surface area contributed by atoms with Crippen LogP contribution in [0.4, 0.5) is 10.1 Å². The molecule has 2 nitrogen and oxygen atoms in total. The van der Waals surface area contributed by atoms with E-state index in [1.54, 1.807) is 13.0 Å². The molecule has 0 spiro atoms. The number of hydrogen-bond donors (Lipinski definition) is 1. The quantitative estimate of drug-likeness (QED) is 0.899. The van der Waals surface area contributed by atoms with Crippen LogP contribution in [0.25, 0.3) is 0 Å². The first-order valence-corrected chi connectivity index (χ1v) is 7.24. The first kappa shape index (κ1) is 13.9. The van der Waals surface area contributed by atoms with E-state index < -0.39 is 0 Å². The average Bonchev–Trinajstić information content (AvgIpc) is 2.73. The average molecular weight is 285 g/mol. The molecule has 2 aromatic rings. The molecule has 0 aromatic heterocycles. The third-order valence-corrected chi connectivity index (χ3v) is 3.78. The fraction of sp³-hybridized carbons (Fsp3) is 0.333. The third kappa shape index (κ3) is 3.02. The summed E-state index contributed by atoms with van der Waals surface area (Å²) in [5, 5.41) is 3.33. The van der Waals surface area contributed by atoms with Crippen molar-refractivity contribution in [3.63, 3.8) is 0 Å². The number of ether oxygens (including phenoxy) is 1. The zero-order valence-corrected chi connectivity index (χ0v) is 12.7. The Kier molecular flexibility index (Phi) is 3.36. The zero-order valence-electron chi connectivity index (χ0n) is 12.7. The van der Waals surface area contributed by atoms with E-state index in [4.69, 9.17) is 4.74 Å². The molecule has 0 fully saturated rings. The van der Waals surface area contributed by atoms with Gasteiger partial charge in [-0.3, -0.25) is 0 Å². The van der Waals surface area contributed by atoms with Crippen LogP contribution in [-0.4, -0.2) is 5.60 Å². The molecule has 0 amide bonds. The van der Waals surface area contributed by atoms with Crippen molar-refractivity contribution >= 4 is 5.69 Å². The monoisotopic (exact) mass is 285 g/mol. The van der Waals surface area contributed by atoms with Gasteiger partial charge in [-0.2, -0.15) is 0 Å². The lowest BCUT2D eigenvalue weighted by Crippen LogP contribution is -2.24. The summed E-state index contributed by atoms with van der Waals surface area (Å²) in [6, 6.07) is 11.4. The maximum atomic E-state index is 13.2. The smallest absolute Gasteiger partial charge is 0.126 e. The standard InChI is InChI=1S/C18H20FNO/c1-12-8-15(5-6-16(12)19)20-11-13-4-7-17-14(9-13)10-18(2,3)21-17/h4-9,20H,10-11H2,1-3H3. The molecule has 1 heterocycles. The normalized spacial score (nSPS) is 15.4. The molecule has 3 rings (SSSR count). The topological polar surface area (TPSA) is 21.3 Å². The van der Waals surface area contributed by atoms with Crippen LogP contribution in [0.3, 0.4) is 0 Å². The van der Waals surface area contributed by atoms with Crippen LogP contribution >= 0.6 is 0 Å². The van der Waals surface area contributed by atoms with E-state index in [-0.39, 0.29) is 11.4 Å². The number of nitrogens with one attached hydrogen (secondary N) is 1. The minimum atomic E-state index is -0.169. The maximum Gasteiger partial charge on any atom is 0.126 e. The highest BCUT2D eigenvalue weighted by molar-refractivity contribution is 5.48. The highest BCUT2D eigenvalue weighted by Gasteiger charge is 2.29. The Morgan fingerprint density at radius 2 is 2.00 bits per heavy atom. The van der Waals surface area contributed by atoms with Crippen molar-refractivity contribution in [2.45, 2.75) is 39.3 Å². The number of aryl methyl sites for hydroxylation is 1. The van der Waals surface area contributed by atoms with Crippen molar-refractivity contribution in [2.75, 3.05) is 5.32 Å². The lowest BCUT2D eigenvalue weighted by Gasteiger charge is -2.16. The number of benzene rings is 2. The number of anilines is 1. The minimum absolute atomic E-state index is 0.109. The van der Waals surface area contributed by atoms with Crippen LogP contribution in [0.1, 0.15) is 30.5 Å². The van der Waals surface area contributed by atoms with Crippen molar-refractivity contribution in [3.05, 3.63) is 58.9 Å². The molecule has 0 atom stereocenters. The Morgan fingerprint density at radius 3 is 2.76 bits per heavy atom. The van der Waals surface area contributed by atoms with Crippen molar-refractivity contribution < 1.29 is 9.13 Å². The van der Waals surface area contributed by atoms with Gasteiger partial charge in [-0.05, 0) is 61.7 Å². The lowest BCUT2D eigenvalue weighted by molar-refractivity contribution is 0.138. The Bertz CT molecular complexity index is 679. The van der Waals surface area contributed by atoms with Gasteiger partial charge in [0.25, 0.3) is 0 Å². The van der Waals surface area contributed by atoms with Gasteiger partial charge in [-0.1, -0.05) is 12.1 Å². The molecule has 0 saturated carbocycles. The predicted octanol–water partition coefficient (Wildman–Crippen LogP) is 4.46. The molecule has 21 heavy (non-hydrogen) atoms. The summed E-state index contributed by atoms with van der Waals surface area (Å²) in [6.45, 7) is 6.70. The second-order valence-corrected chi connectivity index (χ2v) is 6.30. The van der Waals surface area contributed by atoms with Gasteiger partial charge in [-0.15, -0.1) is 0 Å². The molecule has 0 saturated heterocycles. The maximum absolute atomic E-state index is 13.2. The first-order valence-electron chi connectivity index (χ1n) is 7.24. The second-order valence-electron chi connectivity index (χ2n) is 6.30. The second kappa shape index (κ2) is 5.06. The summed E-state index contributed by atoms with van der Waals surface area (Å²) < 4.78 is 19.1. The van der Waals surface area contributed by atoms with Crippen LogP contribution < -0.4 is 10.1 Å². The summed E-state index contributed by atoms with van der Waals surface area (Å²) in [7, 11) is 0. The van der Waals surface area contributed by atoms with Crippen molar-refractivity contribution in [1.82, 2.24) is 0 Å². The predicted molar refractivity (Wildman–Crippen MR) is 83.3 cm³/mol. The summed E-state index contributed by atoms with van der Waals surface area (Å²) in [5.74, 6) is 0.818. The van der Waals surface area contributed by atoms with E-state index in [1.165, 1.54) is 17.2 Å². The Hall–Kier alpha value is -2.03. The fourth-order valence-electron chi connectivity index (χ4n) is 2.73. The van der Waals surface area contributed by atoms with E-state index in [1.807, 2.05) is 12.1 Å². The minimum Gasteiger partial charge on any atom is -0.487 e. The van der Waals surface area contributed by atoms with Crippen LogP contribution in [0.5, 0.6) is 5.75 Å². The van der Waals surface area contributed by atoms with Crippen molar-refractivity contribution in [3.8, 4) is 5.75 Å². The molecule has 0 aliphatic carbocycles. The fourth-order valence-corrected chi connectivity index (χ4v) is 2.73.